The van der Waals surface area contributed by atoms with Crippen molar-refractivity contribution in [1.82, 2.24) is 5.32 Å². The fraction of sp³-hybridized carbons (Fsp3) is 0.118. The molecule has 0 aliphatic rings. The maximum atomic E-state index is 11.8. The molecular weight excluding hydrogens is 328 g/mol. The van der Waals surface area contributed by atoms with Crippen LogP contribution in [-0.2, 0) is 16.1 Å². The molecule has 2 aromatic rings. The number of alkyl carbamates (subject to hydrolysis) is 1. The summed E-state index contributed by atoms with van der Waals surface area (Å²) in [4.78, 5) is 34.2. The number of amides is 2. The molecule has 0 atom stereocenters. The minimum atomic E-state index is -1.32. The number of aromatic hydroxyl groups is 1. The SMILES string of the molecule is O=C(CNC(=O)OCc1ccccc1)Nc1ccc(O)c(C(=O)O)c1. The van der Waals surface area contributed by atoms with E-state index >= 15 is 0 Å². The molecule has 0 fully saturated rings. The Hall–Kier alpha value is -3.55. The van der Waals surface area contributed by atoms with Crippen LogP contribution in [0.15, 0.2) is 48.5 Å². The normalized spacial score (nSPS) is 9.92. The Morgan fingerprint density at radius 3 is 2.44 bits per heavy atom. The highest BCUT2D eigenvalue weighted by Crippen LogP contribution is 2.21. The van der Waals surface area contributed by atoms with Crippen LogP contribution in [0, 0.1) is 0 Å². The van der Waals surface area contributed by atoms with E-state index in [9.17, 15) is 19.5 Å². The van der Waals surface area contributed by atoms with Crippen LogP contribution in [0.25, 0.3) is 0 Å². The van der Waals surface area contributed by atoms with Crippen molar-refractivity contribution in [1.29, 1.82) is 0 Å². The molecule has 0 aliphatic heterocycles. The standard InChI is InChI=1S/C17H16N2O6/c20-14-7-6-12(8-13(14)16(22)23)19-15(21)9-18-17(24)25-10-11-4-2-1-3-5-11/h1-8,20H,9-10H2,(H,18,24)(H,19,21)(H,22,23). The molecule has 0 radical (unpaired) electrons. The van der Waals surface area contributed by atoms with Gasteiger partial charge >= 0.3 is 12.1 Å². The highest BCUT2D eigenvalue weighted by Gasteiger charge is 2.12. The van der Waals surface area contributed by atoms with Gasteiger partial charge in [-0.2, -0.15) is 0 Å². The first kappa shape index (κ1) is 17.8. The average Bonchev–Trinajstić information content (AvgIpc) is 2.60. The summed E-state index contributed by atoms with van der Waals surface area (Å²) < 4.78 is 4.95. The number of benzene rings is 2. The van der Waals surface area contributed by atoms with E-state index in [4.69, 9.17) is 9.84 Å². The number of carbonyl (C=O) groups is 3. The van der Waals surface area contributed by atoms with E-state index in [0.29, 0.717) is 0 Å². The number of anilines is 1. The smallest absolute Gasteiger partial charge is 0.407 e. The van der Waals surface area contributed by atoms with E-state index in [0.717, 1.165) is 17.7 Å². The third-order valence-electron chi connectivity index (χ3n) is 3.12. The van der Waals surface area contributed by atoms with Crippen molar-refractivity contribution < 1.29 is 29.3 Å². The molecule has 2 aromatic carbocycles. The molecule has 0 unspecified atom stereocenters. The van der Waals surface area contributed by atoms with Gasteiger partial charge in [0, 0.05) is 5.69 Å². The number of nitrogens with one attached hydrogen (secondary N) is 2. The molecule has 0 spiro atoms. The van der Waals surface area contributed by atoms with Crippen LogP contribution < -0.4 is 10.6 Å². The Labute approximate surface area is 143 Å². The molecule has 25 heavy (non-hydrogen) atoms. The number of hydrogen-bond donors (Lipinski definition) is 4. The van der Waals surface area contributed by atoms with Gasteiger partial charge in [0.05, 0.1) is 0 Å². The van der Waals surface area contributed by atoms with Crippen molar-refractivity contribution in [3.8, 4) is 5.75 Å². The van der Waals surface area contributed by atoms with Gasteiger partial charge in [-0.1, -0.05) is 30.3 Å². The highest BCUT2D eigenvalue weighted by molar-refractivity contribution is 5.97. The molecule has 0 saturated heterocycles. The van der Waals surface area contributed by atoms with E-state index in [1.54, 1.807) is 12.1 Å². The molecule has 0 aliphatic carbocycles. The first-order chi connectivity index (χ1) is 12.0. The van der Waals surface area contributed by atoms with Gasteiger partial charge in [-0.3, -0.25) is 4.79 Å². The van der Waals surface area contributed by atoms with E-state index in [1.807, 2.05) is 18.2 Å². The molecule has 8 heteroatoms. The van der Waals surface area contributed by atoms with Crippen molar-refractivity contribution >= 4 is 23.7 Å². The van der Waals surface area contributed by atoms with Crippen molar-refractivity contribution in [2.45, 2.75) is 6.61 Å². The second-order valence-corrected chi connectivity index (χ2v) is 5.00. The lowest BCUT2D eigenvalue weighted by molar-refractivity contribution is -0.115. The largest absolute Gasteiger partial charge is 0.507 e. The van der Waals surface area contributed by atoms with E-state index in [2.05, 4.69) is 10.6 Å². The highest BCUT2D eigenvalue weighted by atomic mass is 16.5. The molecule has 0 aromatic heterocycles. The van der Waals surface area contributed by atoms with Crippen molar-refractivity contribution in [2.75, 3.05) is 11.9 Å². The van der Waals surface area contributed by atoms with Gasteiger partial charge in [0.2, 0.25) is 5.91 Å². The number of carbonyl (C=O) groups excluding carboxylic acids is 2. The maximum Gasteiger partial charge on any atom is 0.407 e. The van der Waals surface area contributed by atoms with Crippen molar-refractivity contribution in [2.24, 2.45) is 0 Å². The first-order valence-corrected chi connectivity index (χ1v) is 7.26. The lowest BCUT2D eigenvalue weighted by Crippen LogP contribution is -2.33. The van der Waals surface area contributed by atoms with Crippen LogP contribution in [0.5, 0.6) is 5.75 Å². The van der Waals surface area contributed by atoms with Crippen molar-refractivity contribution in [3.63, 3.8) is 0 Å². The second-order valence-electron chi connectivity index (χ2n) is 5.00. The lowest BCUT2D eigenvalue weighted by Gasteiger charge is -2.09. The van der Waals surface area contributed by atoms with Crippen molar-refractivity contribution in [3.05, 3.63) is 59.7 Å². The monoisotopic (exact) mass is 344 g/mol. The van der Waals surface area contributed by atoms with Gasteiger partial charge in [0.15, 0.2) is 0 Å². The van der Waals surface area contributed by atoms with Gasteiger partial charge in [-0.05, 0) is 23.8 Å². The quantitative estimate of drug-likeness (QED) is 0.594. The van der Waals surface area contributed by atoms with Gasteiger partial charge in [-0.25, -0.2) is 9.59 Å². The molecule has 0 saturated carbocycles. The van der Waals surface area contributed by atoms with Crippen LogP contribution in [0.3, 0.4) is 0 Å². The lowest BCUT2D eigenvalue weighted by atomic mass is 10.2. The Morgan fingerprint density at radius 1 is 1.04 bits per heavy atom. The predicted octanol–water partition coefficient (Wildman–Crippen LogP) is 1.96. The summed E-state index contributed by atoms with van der Waals surface area (Å²) in [7, 11) is 0. The Bertz CT molecular complexity index is 776. The molecule has 0 bridgehead atoms. The van der Waals surface area contributed by atoms with Gasteiger partial charge in [0.25, 0.3) is 0 Å². The summed E-state index contributed by atoms with van der Waals surface area (Å²) in [6, 6.07) is 12.7. The molecule has 2 rings (SSSR count). The number of carboxylic acids is 1. The summed E-state index contributed by atoms with van der Waals surface area (Å²) in [6.07, 6.45) is -0.754. The topological polar surface area (TPSA) is 125 Å². The molecule has 2 amide bonds. The summed E-state index contributed by atoms with van der Waals surface area (Å²) in [5.41, 5.74) is 0.653. The number of ether oxygens (including phenoxy) is 1. The molecule has 4 N–H and O–H groups in total. The van der Waals surface area contributed by atoms with E-state index in [-0.39, 0.29) is 24.4 Å². The van der Waals surface area contributed by atoms with E-state index < -0.39 is 23.7 Å². The van der Waals surface area contributed by atoms with Crippen LogP contribution in [-0.4, -0.2) is 34.7 Å². The van der Waals surface area contributed by atoms with Crippen LogP contribution in [0.2, 0.25) is 0 Å². The Morgan fingerprint density at radius 2 is 1.76 bits per heavy atom. The zero-order chi connectivity index (χ0) is 18.2. The average molecular weight is 344 g/mol. The van der Waals surface area contributed by atoms with Gasteiger partial charge < -0.3 is 25.6 Å². The molecule has 130 valence electrons. The zero-order valence-corrected chi connectivity index (χ0v) is 13.1. The fourth-order valence-corrected chi connectivity index (χ4v) is 1.92. The summed E-state index contributed by atoms with van der Waals surface area (Å²) in [5, 5.41) is 23.0. The number of aromatic carboxylic acids is 1. The molecule has 0 heterocycles. The third-order valence-corrected chi connectivity index (χ3v) is 3.12. The van der Waals surface area contributed by atoms with Crippen LogP contribution >= 0.6 is 0 Å². The number of phenols is 1. The minimum Gasteiger partial charge on any atom is -0.507 e. The number of rotatable bonds is 6. The Balaban J connectivity index is 1.79. The second kappa shape index (κ2) is 8.34. The summed E-state index contributed by atoms with van der Waals surface area (Å²) in [5.74, 6) is -2.30. The predicted molar refractivity (Wildman–Crippen MR) is 88.3 cm³/mol. The third kappa shape index (κ3) is 5.54. The number of carboxylic acid groups (broad SMARTS) is 1. The van der Waals surface area contributed by atoms with Crippen LogP contribution in [0.4, 0.5) is 10.5 Å². The van der Waals surface area contributed by atoms with Gasteiger partial charge in [0.1, 0.15) is 24.5 Å². The van der Waals surface area contributed by atoms with Gasteiger partial charge in [-0.15, -0.1) is 0 Å². The van der Waals surface area contributed by atoms with E-state index in [1.165, 1.54) is 6.07 Å². The molecular formula is C17H16N2O6. The minimum absolute atomic E-state index is 0.0776. The molecule has 8 nitrogen and oxygen atoms in total. The zero-order valence-electron chi connectivity index (χ0n) is 13.1. The summed E-state index contributed by atoms with van der Waals surface area (Å²) >= 11 is 0. The Kier molecular flexibility index (Phi) is 5.94. The summed E-state index contributed by atoms with van der Waals surface area (Å²) in [6.45, 7) is -0.273. The fourth-order valence-electron chi connectivity index (χ4n) is 1.92. The van der Waals surface area contributed by atoms with Crippen LogP contribution in [0.1, 0.15) is 15.9 Å². The first-order valence-electron chi connectivity index (χ1n) is 7.26. The number of hydrogen-bond acceptors (Lipinski definition) is 5. The maximum absolute atomic E-state index is 11.8.